The third-order valence-electron chi connectivity index (χ3n) is 3.09. The monoisotopic (exact) mass is 281 g/mol. The summed E-state index contributed by atoms with van der Waals surface area (Å²) in [5, 5.41) is 6.08. The topological polar surface area (TPSA) is 54.0 Å². The van der Waals surface area contributed by atoms with Crippen LogP contribution in [-0.4, -0.2) is 17.4 Å². The van der Waals surface area contributed by atoms with Crippen LogP contribution in [-0.2, 0) is 0 Å². The van der Waals surface area contributed by atoms with E-state index in [1.54, 1.807) is 18.3 Å². The first-order valence-electron chi connectivity index (χ1n) is 6.87. The van der Waals surface area contributed by atoms with E-state index < -0.39 is 0 Å². The van der Waals surface area contributed by atoms with Gasteiger partial charge in [-0.05, 0) is 24.6 Å². The molecule has 1 aromatic carbocycles. The van der Waals surface area contributed by atoms with Crippen molar-refractivity contribution in [2.24, 2.45) is 0 Å². The Morgan fingerprint density at radius 2 is 2.10 bits per heavy atom. The molecule has 21 heavy (non-hydrogen) atoms. The summed E-state index contributed by atoms with van der Waals surface area (Å²) < 4.78 is 0. The Hall–Kier alpha value is -2.62. The molecule has 1 heterocycles. The minimum absolute atomic E-state index is 0.0645. The van der Waals surface area contributed by atoms with Crippen molar-refractivity contribution in [3.05, 3.63) is 72.6 Å². The van der Waals surface area contributed by atoms with Gasteiger partial charge >= 0.3 is 0 Å². The maximum absolute atomic E-state index is 12.2. The summed E-state index contributed by atoms with van der Waals surface area (Å²) in [7, 11) is 0. The third-order valence-corrected chi connectivity index (χ3v) is 3.09. The Morgan fingerprint density at radius 3 is 2.81 bits per heavy atom. The number of carbonyl (C=O) groups is 1. The lowest BCUT2D eigenvalue weighted by Crippen LogP contribution is -2.27. The van der Waals surface area contributed by atoms with E-state index in [1.165, 1.54) is 0 Å². The van der Waals surface area contributed by atoms with Gasteiger partial charge in [-0.1, -0.05) is 36.4 Å². The lowest BCUT2D eigenvalue weighted by Gasteiger charge is -2.14. The number of amides is 1. The summed E-state index contributed by atoms with van der Waals surface area (Å²) in [6.07, 6.45) is 3.38. The van der Waals surface area contributed by atoms with Crippen LogP contribution in [0.4, 0.5) is 5.69 Å². The van der Waals surface area contributed by atoms with E-state index in [0.717, 1.165) is 11.3 Å². The Morgan fingerprint density at radius 1 is 1.33 bits per heavy atom. The van der Waals surface area contributed by atoms with Crippen molar-refractivity contribution in [3.63, 3.8) is 0 Å². The fourth-order valence-corrected chi connectivity index (χ4v) is 1.95. The molecule has 1 amide bonds. The summed E-state index contributed by atoms with van der Waals surface area (Å²) in [5.74, 6) is -0.186. The molecule has 0 radical (unpaired) electrons. The lowest BCUT2D eigenvalue weighted by atomic mass is 10.1. The molecule has 2 N–H and O–H groups in total. The van der Waals surface area contributed by atoms with Gasteiger partial charge in [0.05, 0.1) is 6.04 Å². The highest BCUT2D eigenvalue weighted by Gasteiger charge is 2.12. The number of hydrogen-bond acceptors (Lipinski definition) is 3. The van der Waals surface area contributed by atoms with Gasteiger partial charge in [-0.15, -0.1) is 6.58 Å². The highest BCUT2D eigenvalue weighted by atomic mass is 16.1. The molecule has 0 bridgehead atoms. The molecule has 1 unspecified atom stereocenters. The van der Waals surface area contributed by atoms with Crippen LogP contribution in [0.1, 0.15) is 29.0 Å². The van der Waals surface area contributed by atoms with Crippen molar-refractivity contribution in [2.75, 3.05) is 11.9 Å². The first-order valence-corrected chi connectivity index (χ1v) is 6.87. The number of carbonyl (C=O) groups excluding carboxylic acids is 1. The number of rotatable bonds is 6. The molecule has 108 valence electrons. The van der Waals surface area contributed by atoms with Gasteiger partial charge in [-0.25, -0.2) is 0 Å². The fourth-order valence-electron chi connectivity index (χ4n) is 1.95. The van der Waals surface area contributed by atoms with Crippen molar-refractivity contribution in [1.29, 1.82) is 0 Å². The second-order valence-electron chi connectivity index (χ2n) is 4.71. The fraction of sp³-hybridized carbons (Fsp3) is 0.176. The number of aromatic nitrogens is 1. The van der Waals surface area contributed by atoms with Crippen LogP contribution in [0.3, 0.4) is 0 Å². The summed E-state index contributed by atoms with van der Waals surface area (Å²) in [6, 6.07) is 13.3. The van der Waals surface area contributed by atoms with Crippen LogP contribution in [0.15, 0.2) is 61.3 Å². The zero-order chi connectivity index (χ0) is 15.1. The van der Waals surface area contributed by atoms with Gasteiger partial charge in [0.15, 0.2) is 0 Å². The predicted molar refractivity (Wildman–Crippen MR) is 85.2 cm³/mol. The van der Waals surface area contributed by atoms with Crippen LogP contribution in [0.2, 0.25) is 0 Å². The summed E-state index contributed by atoms with van der Waals surface area (Å²) in [6.45, 7) is 6.24. The minimum Gasteiger partial charge on any atom is -0.381 e. The molecule has 0 aliphatic rings. The Labute approximate surface area is 124 Å². The molecule has 1 aromatic heterocycles. The summed E-state index contributed by atoms with van der Waals surface area (Å²) in [4.78, 5) is 16.3. The van der Waals surface area contributed by atoms with Crippen molar-refractivity contribution < 1.29 is 4.79 Å². The number of anilines is 1. The second-order valence-corrected chi connectivity index (χ2v) is 4.71. The van der Waals surface area contributed by atoms with Crippen LogP contribution >= 0.6 is 0 Å². The minimum atomic E-state index is -0.186. The van der Waals surface area contributed by atoms with Crippen molar-refractivity contribution in [3.8, 4) is 0 Å². The van der Waals surface area contributed by atoms with Gasteiger partial charge < -0.3 is 10.6 Å². The molecular formula is C17H19N3O. The van der Waals surface area contributed by atoms with Gasteiger partial charge in [-0.3, -0.25) is 9.78 Å². The van der Waals surface area contributed by atoms with Crippen molar-refractivity contribution >= 4 is 11.6 Å². The molecule has 0 saturated carbocycles. The number of nitrogens with one attached hydrogen (secondary N) is 2. The zero-order valence-electron chi connectivity index (χ0n) is 12.0. The molecule has 0 fully saturated rings. The SMILES string of the molecule is C=CCNc1ccnc(C(=O)NC(C)c2ccccc2)c1. The number of hydrogen-bond donors (Lipinski definition) is 2. The molecule has 2 aromatic rings. The molecular weight excluding hydrogens is 262 g/mol. The van der Waals surface area contributed by atoms with Gasteiger partial charge in [0.2, 0.25) is 0 Å². The maximum atomic E-state index is 12.2. The normalized spacial score (nSPS) is 11.5. The first kappa shape index (κ1) is 14.8. The van der Waals surface area contributed by atoms with E-state index in [9.17, 15) is 4.79 Å². The number of pyridine rings is 1. The molecule has 1 atom stereocenters. The largest absolute Gasteiger partial charge is 0.381 e. The molecule has 2 rings (SSSR count). The summed E-state index contributed by atoms with van der Waals surface area (Å²) >= 11 is 0. The van der Waals surface area contributed by atoms with E-state index in [2.05, 4.69) is 22.2 Å². The van der Waals surface area contributed by atoms with E-state index in [1.807, 2.05) is 43.3 Å². The lowest BCUT2D eigenvalue weighted by molar-refractivity contribution is 0.0935. The van der Waals surface area contributed by atoms with E-state index in [0.29, 0.717) is 12.2 Å². The Balaban J connectivity index is 2.04. The van der Waals surface area contributed by atoms with Crippen LogP contribution in [0, 0.1) is 0 Å². The second kappa shape index (κ2) is 7.24. The zero-order valence-corrected chi connectivity index (χ0v) is 12.0. The highest BCUT2D eigenvalue weighted by molar-refractivity contribution is 5.93. The molecule has 4 nitrogen and oxygen atoms in total. The molecule has 0 aliphatic carbocycles. The van der Waals surface area contributed by atoms with Gasteiger partial charge in [0, 0.05) is 18.4 Å². The Bertz CT molecular complexity index is 610. The van der Waals surface area contributed by atoms with Crippen LogP contribution in [0.25, 0.3) is 0 Å². The molecule has 0 spiro atoms. The van der Waals surface area contributed by atoms with Gasteiger partial charge in [-0.2, -0.15) is 0 Å². The Kier molecular flexibility index (Phi) is 5.10. The third kappa shape index (κ3) is 4.18. The van der Waals surface area contributed by atoms with Crippen LogP contribution < -0.4 is 10.6 Å². The van der Waals surface area contributed by atoms with Gasteiger partial charge in [0.1, 0.15) is 5.69 Å². The predicted octanol–water partition coefficient (Wildman–Crippen LogP) is 3.17. The summed E-state index contributed by atoms with van der Waals surface area (Å²) in [5.41, 5.74) is 2.31. The maximum Gasteiger partial charge on any atom is 0.270 e. The molecule has 0 saturated heterocycles. The van der Waals surface area contributed by atoms with Crippen molar-refractivity contribution in [2.45, 2.75) is 13.0 Å². The number of benzene rings is 1. The number of nitrogens with zero attached hydrogens (tertiary/aromatic N) is 1. The average Bonchev–Trinajstić information content (AvgIpc) is 2.54. The van der Waals surface area contributed by atoms with Crippen LogP contribution in [0.5, 0.6) is 0 Å². The molecule has 0 aliphatic heterocycles. The average molecular weight is 281 g/mol. The first-order chi connectivity index (χ1) is 10.2. The van der Waals surface area contributed by atoms with Gasteiger partial charge in [0.25, 0.3) is 5.91 Å². The quantitative estimate of drug-likeness (QED) is 0.800. The molecule has 4 heteroatoms. The van der Waals surface area contributed by atoms with E-state index in [4.69, 9.17) is 0 Å². The van der Waals surface area contributed by atoms with E-state index in [-0.39, 0.29) is 11.9 Å². The van der Waals surface area contributed by atoms with E-state index >= 15 is 0 Å². The highest BCUT2D eigenvalue weighted by Crippen LogP contribution is 2.13. The van der Waals surface area contributed by atoms with Crippen molar-refractivity contribution in [1.82, 2.24) is 10.3 Å². The smallest absolute Gasteiger partial charge is 0.270 e. The standard InChI is InChI=1S/C17H19N3O/c1-3-10-18-15-9-11-19-16(12-15)17(21)20-13(2)14-7-5-4-6-8-14/h3-9,11-13H,1,10H2,2H3,(H,18,19)(H,20,21).